The third kappa shape index (κ3) is 2.79. The highest BCUT2D eigenvalue weighted by Gasteiger charge is 2.25. The Morgan fingerprint density at radius 2 is 2.24 bits per heavy atom. The van der Waals surface area contributed by atoms with Crippen LogP contribution in [0.15, 0.2) is 22.7 Å². The van der Waals surface area contributed by atoms with Crippen molar-refractivity contribution in [1.29, 1.82) is 0 Å². The standard InChI is InChI=1S/C12H15BrN2O2/c1-14(2)5-6-15-10-4-3-9(13)7-11(10)17-8-12(15)16/h3-4,7H,5-6,8H2,1-2H3. The molecule has 0 radical (unpaired) electrons. The molecule has 0 N–H and O–H groups in total. The summed E-state index contributed by atoms with van der Waals surface area (Å²) in [6.45, 7) is 1.64. The average molecular weight is 299 g/mol. The molecule has 0 fully saturated rings. The van der Waals surface area contributed by atoms with E-state index in [2.05, 4.69) is 20.8 Å². The number of likely N-dealkylation sites (N-methyl/N-ethyl adjacent to an activating group) is 1. The second-order valence-corrected chi connectivity index (χ2v) is 5.17. The molecule has 0 atom stereocenters. The van der Waals surface area contributed by atoms with Crippen LogP contribution in [0.2, 0.25) is 0 Å². The van der Waals surface area contributed by atoms with E-state index >= 15 is 0 Å². The number of benzene rings is 1. The number of fused-ring (bicyclic) bond motifs is 1. The van der Waals surface area contributed by atoms with Crippen molar-refractivity contribution in [2.45, 2.75) is 0 Å². The molecule has 0 saturated heterocycles. The van der Waals surface area contributed by atoms with Crippen molar-refractivity contribution >= 4 is 27.5 Å². The van der Waals surface area contributed by atoms with E-state index in [-0.39, 0.29) is 12.5 Å². The van der Waals surface area contributed by atoms with Crippen LogP contribution in [0.25, 0.3) is 0 Å². The minimum absolute atomic E-state index is 0.0154. The first-order valence-electron chi connectivity index (χ1n) is 5.45. The van der Waals surface area contributed by atoms with Crippen LogP contribution in [0.4, 0.5) is 5.69 Å². The van der Waals surface area contributed by atoms with Crippen molar-refractivity contribution in [2.75, 3.05) is 38.7 Å². The summed E-state index contributed by atoms with van der Waals surface area (Å²) < 4.78 is 6.38. The predicted molar refractivity (Wildman–Crippen MR) is 70.5 cm³/mol. The third-order valence-electron chi connectivity index (χ3n) is 2.64. The third-order valence-corrected chi connectivity index (χ3v) is 3.13. The smallest absolute Gasteiger partial charge is 0.265 e. The maximum Gasteiger partial charge on any atom is 0.265 e. The lowest BCUT2D eigenvalue weighted by Crippen LogP contribution is -2.42. The molecule has 0 unspecified atom stereocenters. The fraction of sp³-hybridized carbons (Fsp3) is 0.417. The Kier molecular flexibility index (Phi) is 3.69. The number of anilines is 1. The Morgan fingerprint density at radius 3 is 2.94 bits per heavy atom. The molecule has 1 aromatic rings. The maximum absolute atomic E-state index is 11.8. The second kappa shape index (κ2) is 5.06. The van der Waals surface area contributed by atoms with Gasteiger partial charge in [0.15, 0.2) is 6.61 Å². The number of amides is 1. The predicted octanol–water partition coefficient (Wildman–Crippen LogP) is 1.74. The van der Waals surface area contributed by atoms with Crippen LogP contribution in [0, 0.1) is 0 Å². The van der Waals surface area contributed by atoms with Crippen LogP contribution in [0.1, 0.15) is 0 Å². The van der Waals surface area contributed by atoms with Gasteiger partial charge in [0.2, 0.25) is 0 Å². The topological polar surface area (TPSA) is 32.8 Å². The molecular weight excluding hydrogens is 284 g/mol. The molecule has 0 aromatic heterocycles. The lowest BCUT2D eigenvalue weighted by molar-refractivity contribution is -0.121. The summed E-state index contributed by atoms with van der Waals surface area (Å²) in [4.78, 5) is 15.7. The number of carbonyl (C=O) groups is 1. The minimum atomic E-state index is 0.0154. The molecule has 0 aliphatic carbocycles. The molecule has 1 aromatic carbocycles. The normalized spacial score (nSPS) is 14.8. The van der Waals surface area contributed by atoms with Crippen LogP contribution in [-0.2, 0) is 4.79 Å². The van der Waals surface area contributed by atoms with Crippen molar-refractivity contribution in [1.82, 2.24) is 4.90 Å². The number of carbonyl (C=O) groups excluding carboxylic acids is 1. The largest absolute Gasteiger partial charge is 0.482 e. The first-order valence-corrected chi connectivity index (χ1v) is 6.24. The molecule has 4 nitrogen and oxygen atoms in total. The molecule has 2 rings (SSSR count). The molecule has 0 bridgehead atoms. The number of ether oxygens (including phenoxy) is 1. The van der Waals surface area contributed by atoms with Gasteiger partial charge in [0, 0.05) is 17.6 Å². The fourth-order valence-electron chi connectivity index (χ4n) is 1.72. The van der Waals surface area contributed by atoms with E-state index in [4.69, 9.17) is 4.74 Å². The highest BCUT2D eigenvalue weighted by atomic mass is 79.9. The van der Waals surface area contributed by atoms with Crippen molar-refractivity contribution in [3.8, 4) is 5.75 Å². The zero-order valence-electron chi connectivity index (χ0n) is 9.94. The lowest BCUT2D eigenvalue weighted by atomic mass is 10.2. The molecule has 1 aliphatic heterocycles. The number of hydrogen-bond donors (Lipinski definition) is 0. The summed E-state index contributed by atoms with van der Waals surface area (Å²) in [7, 11) is 3.99. The van der Waals surface area contributed by atoms with Crippen LogP contribution < -0.4 is 9.64 Å². The van der Waals surface area contributed by atoms with Gasteiger partial charge in [-0.25, -0.2) is 0 Å². The summed E-state index contributed by atoms with van der Waals surface area (Å²) in [5.74, 6) is 0.777. The van der Waals surface area contributed by atoms with Crippen LogP contribution in [0.5, 0.6) is 5.75 Å². The van der Waals surface area contributed by atoms with Crippen molar-refractivity contribution < 1.29 is 9.53 Å². The Hall–Kier alpha value is -1.07. The van der Waals surface area contributed by atoms with Gasteiger partial charge in [0.05, 0.1) is 5.69 Å². The van der Waals surface area contributed by atoms with Crippen molar-refractivity contribution in [3.05, 3.63) is 22.7 Å². The first-order chi connectivity index (χ1) is 8.08. The molecule has 17 heavy (non-hydrogen) atoms. The fourth-order valence-corrected chi connectivity index (χ4v) is 2.06. The van der Waals surface area contributed by atoms with Gasteiger partial charge in [-0.1, -0.05) is 15.9 Å². The molecule has 1 amide bonds. The Morgan fingerprint density at radius 1 is 1.47 bits per heavy atom. The average Bonchev–Trinajstić information content (AvgIpc) is 2.27. The number of halogens is 1. The van der Waals surface area contributed by atoms with Crippen LogP contribution >= 0.6 is 15.9 Å². The van der Waals surface area contributed by atoms with Gasteiger partial charge >= 0.3 is 0 Å². The highest BCUT2D eigenvalue weighted by molar-refractivity contribution is 9.10. The number of nitrogens with zero attached hydrogens (tertiary/aromatic N) is 2. The van der Waals surface area contributed by atoms with E-state index < -0.39 is 0 Å². The second-order valence-electron chi connectivity index (χ2n) is 4.25. The summed E-state index contributed by atoms with van der Waals surface area (Å²) in [5, 5.41) is 0. The van der Waals surface area contributed by atoms with E-state index in [0.717, 1.165) is 22.5 Å². The highest BCUT2D eigenvalue weighted by Crippen LogP contribution is 2.34. The Balaban J connectivity index is 2.24. The van der Waals surface area contributed by atoms with Crippen LogP contribution in [0.3, 0.4) is 0 Å². The molecule has 5 heteroatoms. The zero-order valence-corrected chi connectivity index (χ0v) is 11.5. The van der Waals surface area contributed by atoms with E-state index in [1.54, 1.807) is 4.90 Å². The van der Waals surface area contributed by atoms with Crippen molar-refractivity contribution in [2.24, 2.45) is 0 Å². The van der Waals surface area contributed by atoms with Gasteiger partial charge in [-0.3, -0.25) is 4.79 Å². The maximum atomic E-state index is 11.8. The summed E-state index contributed by atoms with van der Waals surface area (Å²) >= 11 is 3.40. The van der Waals surface area contributed by atoms with E-state index in [1.807, 2.05) is 32.3 Å². The van der Waals surface area contributed by atoms with Gasteiger partial charge in [0.1, 0.15) is 5.75 Å². The Labute approximate surface area is 109 Å². The monoisotopic (exact) mass is 298 g/mol. The Bertz CT molecular complexity index is 435. The molecule has 0 saturated carbocycles. The molecular formula is C12H15BrN2O2. The van der Waals surface area contributed by atoms with E-state index in [0.29, 0.717) is 6.54 Å². The van der Waals surface area contributed by atoms with Gasteiger partial charge in [-0.15, -0.1) is 0 Å². The number of rotatable bonds is 3. The number of hydrogen-bond acceptors (Lipinski definition) is 3. The molecule has 1 heterocycles. The summed E-state index contributed by atoms with van der Waals surface area (Å²) in [6.07, 6.45) is 0. The van der Waals surface area contributed by atoms with Gasteiger partial charge in [0.25, 0.3) is 5.91 Å². The minimum Gasteiger partial charge on any atom is -0.482 e. The first kappa shape index (κ1) is 12.4. The molecule has 1 aliphatic rings. The quantitative estimate of drug-likeness (QED) is 0.852. The summed E-state index contributed by atoms with van der Waals surface area (Å²) in [5.41, 5.74) is 0.853. The van der Waals surface area contributed by atoms with E-state index in [1.165, 1.54) is 0 Å². The molecule has 0 spiro atoms. The lowest BCUT2D eigenvalue weighted by Gasteiger charge is -2.30. The van der Waals surface area contributed by atoms with Gasteiger partial charge in [-0.2, -0.15) is 0 Å². The van der Waals surface area contributed by atoms with Crippen LogP contribution in [-0.4, -0.2) is 44.6 Å². The van der Waals surface area contributed by atoms with Crippen molar-refractivity contribution in [3.63, 3.8) is 0 Å². The van der Waals surface area contributed by atoms with Gasteiger partial charge < -0.3 is 14.5 Å². The summed E-state index contributed by atoms with van der Waals surface area (Å²) in [6, 6.07) is 5.72. The van der Waals surface area contributed by atoms with Gasteiger partial charge in [-0.05, 0) is 32.3 Å². The SMILES string of the molecule is CN(C)CCN1C(=O)COc2cc(Br)ccc21. The molecule has 92 valence electrons. The van der Waals surface area contributed by atoms with E-state index in [9.17, 15) is 4.79 Å². The zero-order chi connectivity index (χ0) is 12.4.